The number of thiocarbonyl (C=S) groups is 1. The summed E-state index contributed by atoms with van der Waals surface area (Å²) in [4.78, 5) is 0. The molecule has 0 heterocycles. The molecule has 0 saturated heterocycles. The highest BCUT2D eigenvalue weighted by atomic mass is 32.1. The summed E-state index contributed by atoms with van der Waals surface area (Å²) in [6.45, 7) is 3.89. The maximum Gasteiger partial charge on any atom is 0.167 e. The molecule has 2 N–H and O–H groups in total. The SMILES string of the molecule is C#CC(C)(C)NC(=S)N[C@H]1C[C@@H]2C=C[C@H]1C2. The summed E-state index contributed by atoms with van der Waals surface area (Å²) in [5, 5.41) is 7.20. The Bertz CT molecular complexity index is 365. The van der Waals surface area contributed by atoms with Gasteiger partial charge in [0.15, 0.2) is 5.11 Å². The fourth-order valence-electron chi connectivity index (χ4n) is 2.47. The molecule has 0 radical (unpaired) electrons. The van der Waals surface area contributed by atoms with Crippen LogP contribution in [0.25, 0.3) is 0 Å². The van der Waals surface area contributed by atoms with Gasteiger partial charge in [-0.2, -0.15) is 0 Å². The Morgan fingerprint density at radius 2 is 2.19 bits per heavy atom. The summed E-state index contributed by atoms with van der Waals surface area (Å²) in [6.07, 6.45) is 12.5. The van der Waals surface area contributed by atoms with E-state index in [4.69, 9.17) is 18.6 Å². The van der Waals surface area contributed by atoms with Crippen LogP contribution in [0.5, 0.6) is 0 Å². The van der Waals surface area contributed by atoms with Gasteiger partial charge in [-0.3, -0.25) is 0 Å². The van der Waals surface area contributed by atoms with E-state index in [0.29, 0.717) is 17.1 Å². The molecule has 0 aromatic rings. The minimum Gasteiger partial charge on any atom is -0.359 e. The maximum atomic E-state index is 5.41. The van der Waals surface area contributed by atoms with Crippen molar-refractivity contribution >= 4 is 17.3 Å². The molecule has 0 aliphatic heterocycles. The van der Waals surface area contributed by atoms with Gasteiger partial charge in [-0.25, -0.2) is 0 Å². The summed E-state index contributed by atoms with van der Waals surface area (Å²) in [6, 6.07) is 0.489. The fraction of sp³-hybridized carbons (Fsp3) is 0.615. The Hall–Kier alpha value is -1.01. The number of rotatable bonds is 2. The molecule has 3 atom stereocenters. The lowest BCUT2D eigenvalue weighted by Gasteiger charge is -2.26. The van der Waals surface area contributed by atoms with Crippen LogP contribution in [0.1, 0.15) is 26.7 Å². The molecular formula is C13H18N2S. The third kappa shape index (κ3) is 2.38. The van der Waals surface area contributed by atoms with Gasteiger partial charge in [0.25, 0.3) is 0 Å². The Morgan fingerprint density at radius 1 is 1.44 bits per heavy atom. The summed E-state index contributed by atoms with van der Waals surface area (Å²) in [5.74, 6) is 4.09. The molecule has 0 amide bonds. The maximum absolute atomic E-state index is 5.41. The van der Waals surface area contributed by atoms with Crippen LogP contribution in [0.2, 0.25) is 0 Å². The van der Waals surface area contributed by atoms with Crippen LogP contribution in [-0.2, 0) is 0 Å². The molecule has 2 aliphatic carbocycles. The number of nitrogens with one attached hydrogen (secondary N) is 2. The molecule has 0 aromatic carbocycles. The zero-order valence-electron chi connectivity index (χ0n) is 9.79. The number of terminal acetylenes is 1. The monoisotopic (exact) mass is 234 g/mol. The largest absolute Gasteiger partial charge is 0.359 e. The standard InChI is InChI=1S/C13H18N2S/c1-4-13(2,3)15-12(16)14-11-8-9-5-6-10(11)7-9/h1,5-6,9-11H,7-8H2,2-3H3,(H2,14,15,16)/t9-,10+,11+/m1/s1. The van der Waals surface area contributed by atoms with Crippen molar-refractivity contribution in [2.24, 2.45) is 11.8 Å². The van der Waals surface area contributed by atoms with Crippen LogP contribution in [0.3, 0.4) is 0 Å². The van der Waals surface area contributed by atoms with Crippen molar-refractivity contribution in [1.82, 2.24) is 10.6 Å². The van der Waals surface area contributed by atoms with E-state index in [1.54, 1.807) is 0 Å². The Kier molecular flexibility index (Phi) is 2.94. The third-order valence-corrected chi connectivity index (χ3v) is 3.60. The minimum atomic E-state index is -0.377. The van der Waals surface area contributed by atoms with E-state index in [1.165, 1.54) is 12.8 Å². The summed E-state index contributed by atoms with van der Waals surface area (Å²) >= 11 is 5.28. The Balaban J connectivity index is 1.85. The molecule has 0 unspecified atom stereocenters. The molecule has 0 aromatic heterocycles. The lowest BCUT2D eigenvalue weighted by molar-refractivity contribution is 0.505. The molecule has 16 heavy (non-hydrogen) atoms. The first-order chi connectivity index (χ1) is 7.50. The summed E-state index contributed by atoms with van der Waals surface area (Å²) in [5.41, 5.74) is -0.377. The van der Waals surface area contributed by atoms with Crippen molar-refractivity contribution in [2.45, 2.75) is 38.3 Å². The average molecular weight is 234 g/mol. The van der Waals surface area contributed by atoms with Crippen molar-refractivity contribution in [1.29, 1.82) is 0 Å². The van der Waals surface area contributed by atoms with Gasteiger partial charge < -0.3 is 10.6 Å². The van der Waals surface area contributed by atoms with Gasteiger partial charge in [0.1, 0.15) is 0 Å². The second-order valence-electron chi connectivity index (χ2n) is 5.25. The average Bonchev–Trinajstić information content (AvgIpc) is 2.78. The van der Waals surface area contributed by atoms with Gasteiger partial charge in [0.2, 0.25) is 0 Å². The number of fused-ring (bicyclic) bond motifs is 2. The molecule has 1 saturated carbocycles. The van der Waals surface area contributed by atoms with E-state index in [0.717, 1.165) is 5.92 Å². The van der Waals surface area contributed by atoms with Gasteiger partial charge >= 0.3 is 0 Å². The fourth-order valence-corrected chi connectivity index (χ4v) is 2.88. The summed E-state index contributed by atoms with van der Waals surface area (Å²) in [7, 11) is 0. The van der Waals surface area contributed by atoms with Crippen LogP contribution < -0.4 is 10.6 Å². The number of hydrogen-bond donors (Lipinski definition) is 2. The van der Waals surface area contributed by atoms with E-state index in [9.17, 15) is 0 Å². The van der Waals surface area contributed by atoms with Crippen LogP contribution in [-0.4, -0.2) is 16.7 Å². The van der Waals surface area contributed by atoms with Gasteiger partial charge in [-0.15, -0.1) is 6.42 Å². The minimum absolute atomic E-state index is 0.377. The molecule has 2 aliphatic rings. The lowest BCUT2D eigenvalue weighted by atomic mass is 10.0. The van der Waals surface area contributed by atoms with Crippen molar-refractivity contribution in [3.8, 4) is 12.3 Å². The van der Waals surface area contributed by atoms with Crippen LogP contribution in [0, 0.1) is 24.2 Å². The predicted molar refractivity (Wildman–Crippen MR) is 70.9 cm³/mol. The first kappa shape index (κ1) is 11.5. The third-order valence-electron chi connectivity index (χ3n) is 3.38. The highest BCUT2D eigenvalue weighted by Gasteiger charge is 2.36. The smallest absolute Gasteiger partial charge is 0.167 e. The van der Waals surface area contributed by atoms with Crippen molar-refractivity contribution < 1.29 is 0 Å². The molecule has 3 heteroatoms. The molecular weight excluding hydrogens is 216 g/mol. The van der Waals surface area contributed by atoms with Crippen molar-refractivity contribution in [3.63, 3.8) is 0 Å². The zero-order valence-corrected chi connectivity index (χ0v) is 10.6. The van der Waals surface area contributed by atoms with Gasteiger partial charge in [-0.05, 0) is 50.7 Å². The molecule has 0 spiro atoms. The first-order valence-electron chi connectivity index (χ1n) is 5.75. The molecule has 1 fully saturated rings. The van der Waals surface area contributed by atoms with Crippen LogP contribution >= 0.6 is 12.2 Å². The van der Waals surface area contributed by atoms with Crippen LogP contribution in [0.4, 0.5) is 0 Å². The second kappa shape index (κ2) is 4.10. The number of allylic oxidation sites excluding steroid dienone is 1. The van der Waals surface area contributed by atoms with E-state index in [1.807, 2.05) is 13.8 Å². The normalized spacial score (nSPS) is 31.2. The molecule has 2 bridgehead atoms. The molecule has 2 rings (SSSR count). The Labute approximate surface area is 103 Å². The zero-order chi connectivity index (χ0) is 11.8. The van der Waals surface area contributed by atoms with E-state index >= 15 is 0 Å². The van der Waals surface area contributed by atoms with Crippen LogP contribution in [0.15, 0.2) is 12.2 Å². The van der Waals surface area contributed by atoms with E-state index in [2.05, 4.69) is 28.7 Å². The molecule has 2 nitrogen and oxygen atoms in total. The van der Waals surface area contributed by atoms with Crippen molar-refractivity contribution in [3.05, 3.63) is 12.2 Å². The van der Waals surface area contributed by atoms with Gasteiger partial charge in [0.05, 0.1) is 5.54 Å². The van der Waals surface area contributed by atoms with Gasteiger partial charge in [0, 0.05) is 6.04 Å². The second-order valence-corrected chi connectivity index (χ2v) is 5.66. The number of hydrogen-bond acceptors (Lipinski definition) is 1. The summed E-state index contributed by atoms with van der Waals surface area (Å²) < 4.78 is 0. The Morgan fingerprint density at radius 3 is 2.69 bits per heavy atom. The van der Waals surface area contributed by atoms with E-state index < -0.39 is 0 Å². The molecule has 86 valence electrons. The highest BCUT2D eigenvalue weighted by molar-refractivity contribution is 7.80. The van der Waals surface area contributed by atoms with E-state index in [-0.39, 0.29) is 5.54 Å². The lowest BCUT2D eigenvalue weighted by Crippen LogP contribution is -2.51. The van der Waals surface area contributed by atoms with Crippen molar-refractivity contribution in [2.75, 3.05) is 0 Å². The predicted octanol–water partition coefficient (Wildman–Crippen LogP) is 1.83. The van der Waals surface area contributed by atoms with Gasteiger partial charge in [-0.1, -0.05) is 18.1 Å². The quantitative estimate of drug-likeness (QED) is 0.433. The topological polar surface area (TPSA) is 24.1 Å². The highest BCUT2D eigenvalue weighted by Crippen LogP contribution is 2.38. The first-order valence-corrected chi connectivity index (χ1v) is 6.16.